The van der Waals surface area contributed by atoms with Crippen molar-refractivity contribution in [2.75, 3.05) is 0 Å². The van der Waals surface area contributed by atoms with E-state index < -0.39 is 0 Å². The summed E-state index contributed by atoms with van der Waals surface area (Å²) in [5.74, 6) is 0. The maximum absolute atomic E-state index is 2.28. The average Bonchev–Trinajstić information content (AvgIpc) is 2.10. The fourth-order valence-corrected chi connectivity index (χ4v) is 1.56. The number of hydrogen-bond donors (Lipinski definition) is 0. The standard InChI is InChI=1S/C12H26.Na.H/c1-3-5-7-9-11-12-10-8-6-4-2;;/h3-12H2,1-2H3;;. The van der Waals surface area contributed by atoms with E-state index in [-0.39, 0.29) is 29.6 Å². The molecule has 0 nitrogen and oxygen atoms in total. The summed E-state index contributed by atoms with van der Waals surface area (Å²) in [6.07, 6.45) is 14.4. The van der Waals surface area contributed by atoms with Crippen molar-refractivity contribution in [1.82, 2.24) is 0 Å². The molecule has 0 radical (unpaired) electrons. The van der Waals surface area contributed by atoms with E-state index in [1.54, 1.807) is 0 Å². The van der Waals surface area contributed by atoms with E-state index in [1.165, 1.54) is 64.2 Å². The van der Waals surface area contributed by atoms with Crippen molar-refractivity contribution in [2.24, 2.45) is 0 Å². The molecule has 0 aromatic rings. The van der Waals surface area contributed by atoms with Crippen molar-refractivity contribution in [2.45, 2.75) is 78.1 Å². The number of unbranched alkanes of at least 4 members (excludes halogenated alkanes) is 9. The van der Waals surface area contributed by atoms with E-state index in [2.05, 4.69) is 13.8 Å². The minimum absolute atomic E-state index is 0. The summed E-state index contributed by atoms with van der Waals surface area (Å²) >= 11 is 0. The molecule has 0 spiro atoms. The molecule has 0 aromatic carbocycles. The molecule has 0 aliphatic heterocycles. The molecular weight excluding hydrogens is 167 g/mol. The molecule has 0 atom stereocenters. The molecule has 0 amide bonds. The molecule has 0 saturated heterocycles. The van der Waals surface area contributed by atoms with Crippen LogP contribution in [0.3, 0.4) is 0 Å². The Morgan fingerprint density at radius 3 is 0.923 bits per heavy atom. The van der Waals surface area contributed by atoms with Crippen LogP contribution in [0.4, 0.5) is 0 Å². The molecule has 0 saturated carbocycles. The molecule has 0 aliphatic carbocycles. The van der Waals surface area contributed by atoms with Crippen LogP contribution in [0, 0.1) is 0 Å². The predicted octanol–water partition coefficient (Wildman–Crippen LogP) is 4.28. The van der Waals surface area contributed by atoms with E-state index in [0.717, 1.165) is 0 Å². The van der Waals surface area contributed by atoms with Crippen molar-refractivity contribution in [3.8, 4) is 0 Å². The molecule has 0 aliphatic rings. The molecule has 13 heavy (non-hydrogen) atoms. The summed E-state index contributed by atoms with van der Waals surface area (Å²) in [6.45, 7) is 4.56. The van der Waals surface area contributed by atoms with Gasteiger partial charge in [0.2, 0.25) is 0 Å². The van der Waals surface area contributed by atoms with Crippen molar-refractivity contribution >= 4 is 29.6 Å². The Labute approximate surface area is 107 Å². The summed E-state index contributed by atoms with van der Waals surface area (Å²) in [4.78, 5) is 0. The van der Waals surface area contributed by atoms with Crippen molar-refractivity contribution in [3.63, 3.8) is 0 Å². The summed E-state index contributed by atoms with van der Waals surface area (Å²) in [7, 11) is 0. The van der Waals surface area contributed by atoms with Gasteiger partial charge in [0.25, 0.3) is 0 Å². The van der Waals surface area contributed by atoms with Gasteiger partial charge in [0.15, 0.2) is 0 Å². The van der Waals surface area contributed by atoms with Crippen LogP contribution in [0.25, 0.3) is 0 Å². The topological polar surface area (TPSA) is 0 Å². The van der Waals surface area contributed by atoms with Crippen molar-refractivity contribution in [1.29, 1.82) is 0 Å². The Hall–Kier alpha value is 1.00. The molecule has 0 heterocycles. The van der Waals surface area contributed by atoms with Crippen LogP contribution in [0.15, 0.2) is 0 Å². The van der Waals surface area contributed by atoms with Gasteiger partial charge in [-0.3, -0.25) is 0 Å². The molecule has 0 bridgehead atoms. The summed E-state index contributed by atoms with van der Waals surface area (Å²) < 4.78 is 0. The maximum atomic E-state index is 2.28. The first kappa shape index (κ1) is 16.4. The van der Waals surface area contributed by atoms with Gasteiger partial charge in [-0.15, -0.1) is 0 Å². The van der Waals surface area contributed by atoms with Gasteiger partial charge >= 0.3 is 29.6 Å². The van der Waals surface area contributed by atoms with E-state index in [4.69, 9.17) is 0 Å². The molecule has 0 N–H and O–H groups in total. The third kappa shape index (κ3) is 15.7. The molecule has 0 fully saturated rings. The van der Waals surface area contributed by atoms with Gasteiger partial charge in [-0.2, -0.15) is 0 Å². The zero-order chi connectivity index (χ0) is 9.07. The van der Waals surface area contributed by atoms with E-state index >= 15 is 0 Å². The first-order valence-electron chi connectivity index (χ1n) is 5.91. The quantitative estimate of drug-likeness (QED) is 0.379. The van der Waals surface area contributed by atoms with Crippen molar-refractivity contribution in [3.05, 3.63) is 0 Å². The second-order valence-corrected chi connectivity index (χ2v) is 3.83. The van der Waals surface area contributed by atoms with Crippen LogP contribution in [-0.2, 0) is 0 Å². The molecule has 0 unspecified atom stereocenters. The van der Waals surface area contributed by atoms with Crippen LogP contribution in [0.5, 0.6) is 0 Å². The Morgan fingerprint density at radius 2 is 0.692 bits per heavy atom. The van der Waals surface area contributed by atoms with Crippen LogP contribution in [0.2, 0.25) is 0 Å². The van der Waals surface area contributed by atoms with Gasteiger partial charge in [-0.05, 0) is 0 Å². The zero-order valence-electron chi connectivity index (χ0n) is 9.07. The fraction of sp³-hybridized carbons (Fsp3) is 1.00. The van der Waals surface area contributed by atoms with Crippen molar-refractivity contribution < 1.29 is 0 Å². The minimum atomic E-state index is 0. The monoisotopic (exact) mass is 194 g/mol. The van der Waals surface area contributed by atoms with Crippen LogP contribution in [-0.4, -0.2) is 29.6 Å². The molecule has 1 heteroatoms. The van der Waals surface area contributed by atoms with Gasteiger partial charge < -0.3 is 0 Å². The Kier molecular flexibility index (Phi) is 19.6. The Balaban J connectivity index is 0. The van der Waals surface area contributed by atoms with Gasteiger partial charge in [0.1, 0.15) is 0 Å². The van der Waals surface area contributed by atoms with E-state index in [1.807, 2.05) is 0 Å². The first-order valence-corrected chi connectivity index (χ1v) is 5.91. The third-order valence-corrected chi connectivity index (χ3v) is 2.46. The summed E-state index contributed by atoms with van der Waals surface area (Å²) in [5, 5.41) is 0. The summed E-state index contributed by atoms with van der Waals surface area (Å²) in [5.41, 5.74) is 0. The number of rotatable bonds is 9. The fourth-order valence-electron chi connectivity index (χ4n) is 1.56. The van der Waals surface area contributed by atoms with Gasteiger partial charge in [-0.25, -0.2) is 0 Å². The van der Waals surface area contributed by atoms with Crippen LogP contribution < -0.4 is 0 Å². The Morgan fingerprint density at radius 1 is 0.462 bits per heavy atom. The van der Waals surface area contributed by atoms with Gasteiger partial charge in [-0.1, -0.05) is 78.1 Å². The second-order valence-electron chi connectivity index (χ2n) is 3.83. The molecule has 0 aromatic heterocycles. The zero-order valence-corrected chi connectivity index (χ0v) is 9.07. The van der Waals surface area contributed by atoms with Gasteiger partial charge in [0.05, 0.1) is 0 Å². The average molecular weight is 194 g/mol. The van der Waals surface area contributed by atoms with E-state index in [9.17, 15) is 0 Å². The number of hydrogen-bond acceptors (Lipinski definition) is 0. The first-order chi connectivity index (χ1) is 5.91. The second kappa shape index (κ2) is 15.5. The predicted molar refractivity (Wildman–Crippen MR) is 64.7 cm³/mol. The Bertz CT molecular complexity index is 61.5. The summed E-state index contributed by atoms with van der Waals surface area (Å²) in [6, 6.07) is 0. The van der Waals surface area contributed by atoms with E-state index in [0.29, 0.717) is 0 Å². The molecule has 0 rings (SSSR count). The molecule has 76 valence electrons. The van der Waals surface area contributed by atoms with Gasteiger partial charge in [0, 0.05) is 0 Å². The third-order valence-electron chi connectivity index (χ3n) is 2.46. The van der Waals surface area contributed by atoms with Crippen LogP contribution in [0.1, 0.15) is 78.1 Å². The van der Waals surface area contributed by atoms with Crippen LogP contribution >= 0.6 is 0 Å². The normalized spacial score (nSPS) is 9.69. The molecular formula is C12H27Na. The SMILES string of the molecule is CCCCCCCCCCCC.[NaH].